The number of hydrogen-bond acceptors (Lipinski definition) is 4. The molecule has 1 rings (SSSR count). The van der Waals surface area contributed by atoms with E-state index in [0.717, 1.165) is 12.8 Å². The van der Waals surface area contributed by atoms with Gasteiger partial charge in [0.2, 0.25) is 11.8 Å². The van der Waals surface area contributed by atoms with Crippen LogP contribution in [0.4, 0.5) is 0 Å². The Morgan fingerprint density at radius 1 is 1.25 bits per heavy atom. The van der Waals surface area contributed by atoms with Crippen LogP contribution >= 0.6 is 0 Å². The molecule has 1 fully saturated rings. The van der Waals surface area contributed by atoms with Gasteiger partial charge in [-0.15, -0.1) is 0 Å². The molecule has 16 heavy (non-hydrogen) atoms. The zero-order valence-electron chi connectivity index (χ0n) is 9.03. The van der Waals surface area contributed by atoms with Crippen LogP contribution in [0.15, 0.2) is 0 Å². The van der Waals surface area contributed by atoms with Gasteiger partial charge in [-0.2, -0.15) is 0 Å². The third-order valence-corrected chi connectivity index (χ3v) is 3.77. The molecule has 4 N–H and O–H groups in total. The van der Waals surface area contributed by atoms with E-state index in [0.29, 0.717) is 11.5 Å². The predicted octanol–water partition coefficient (Wildman–Crippen LogP) is -1.91. The van der Waals surface area contributed by atoms with Gasteiger partial charge in [0.1, 0.15) is 0 Å². The smallest absolute Gasteiger partial charge is 0.239 e. The minimum absolute atomic E-state index is 0.0460. The standard InChI is InChI=1S/C9H17N3O3S/c10-5-8(13)11-6-9(14)12-7-1-3-16(15)4-2-7/h7H,1-6,10H2,(H,11,13)(H,12,14). The van der Waals surface area contributed by atoms with Crippen molar-refractivity contribution in [1.82, 2.24) is 10.6 Å². The lowest BCUT2D eigenvalue weighted by atomic mass is 10.1. The highest BCUT2D eigenvalue weighted by molar-refractivity contribution is 7.85. The second-order valence-corrected chi connectivity index (χ2v) is 5.37. The average Bonchev–Trinajstić information content (AvgIpc) is 2.29. The molecule has 7 heteroatoms. The van der Waals surface area contributed by atoms with Gasteiger partial charge in [-0.3, -0.25) is 13.8 Å². The van der Waals surface area contributed by atoms with Crippen LogP contribution in [0.1, 0.15) is 12.8 Å². The molecule has 0 aromatic carbocycles. The maximum absolute atomic E-state index is 11.4. The Morgan fingerprint density at radius 2 is 1.88 bits per heavy atom. The second kappa shape index (κ2) is 6.59. The Morgan fingerprint density at radius 3 is 2.44 bits per heavy atom. The number of nitrogens with one attached hydrogen (secondary N) is 2. The van der Waals surface area contributed by atoms with Gasteiger partial charge < -0.3 is 16.4 Å². The number of amides is 2. The van der Waals surface area contributed by atoms with Crippen LogP contribution in [-0.4, -0.2) is 46.7 Å². The molecule has 92 valence electrons. The molecule has 0 unspecified atom stereocenters. The first-order chi connectivity index (χ1) is 7.61. The lowest BCUT2D eigenvalue weighted by Gasteiger charge is -2.22. The summed E-state index contributed by atoms with van der Waals surface area (Å²) in [7, 11) is -0.726. The highest BCUT2D eigenvalue weighted by atomic mass is 32.2. The summed E-state index contributed by atoms with van der Waals surface area (Å²) in [4.78, 5) is 22.2. The molecule has 0 radical (unpaired) electrons. The van der Waals surface area contributed by atoms with E-state index < -0.39 is 10.8 Å². The van der Waals surface area contributed by atoms with Gasteiger partial charge in [-0.05, 0) is 12.8 Å². The van der Waals surface area contributed by atoms with E-state index in [2.05, 4.69) is 10.6 Å². The normalized spacial score (nSPS) is 24.8. The fraction of sp³-hybridized carbons (Fsp3) is 0.778. The van der Waals surface area contributed by atoms with E-state index in [1.54, 1.807) is 0 Å². The van der Waals surface area contributed by atoms with E-state index in [9.17, 15) is 13.8 Å². The molecule has 0 aliphatic carbocycles. The van der Waals surface area contributed by atoms with Gasteiger partial charge in [0.15, 0.2) is 0 Å². The number of hydrogen-bond donors (Lipinski definition) is 3. The molecule has 0 spiro atoms. The molecule has 1 aliphatic rings. The monoisotopic (exact) mass is 247 g/mol. The zero-order chi connectivity index (χ0) is 12.0. The fourth-order valence-electron chi connectivity index (χ4n) is 1.47. The predicted molar refractivity (Wildman–Crippen MR) is 61.1 cm³/mol. The number of nitrogens with two attached hydrogens (primary N) is 1. The van der Waals surface area contributed by atoms with Crippen molar-refractivity contribution in [2.24, 2.45) is 5.73 Å². The highest BCUT2D eigenvalue weighted by Crippen LogP contribution is 2.08. The van der Waals surface area contributed by atoms with E-state index in [1.165, 1.54) is 0 Å². The summed E-state index contributed by atoms with van der Waals surface area (Å²) in [6.45, 7) is -0.161. The number of carbonyl (C=O) groups excluding carboxylic acids is 2. The van der Waals surface area contributed by atoms with Crippen LogP contribution < -0.4 is 16.4 Å². The van der Waals surface area contributed by atoms with Gasteiger partial charge in [0, 0.05) is 28.3 Å². The molecule has 1 heterocycles. The van der Waals surface area contributed by atoms with E-state index in [4.69, 9.17) is 5.73 Å². The maximum atomic E-state index is 11.4. The fourth-order valence-corrected chi connectivity index (χ4v) is 2.77. The summed E-state index contributed by atoms with van der Waals surface area (Å²) in [5.41, 5.74) is 5.08. The quantitative estimate of drug-likeness (QED) is 0.539. The van der Waals surface area contributed by atoms with Crippen LogP contribution in [0.5, 0.6) is 0 Å². The third-order valence-electron chi connectivity index (χ3n) is 2.38. The molecule has 2 amide bonds. The van der Waals surface area contributed by atoms with Crippen LogP contribution in [0.2, 0.25) is 0 Å². The van der Waals surface area contributed by atoms with Crippen LogP contribution in [0.25, 0.3) is 0 Å². The molecular weight excluding hydrogens is 230 g/mol. The second-order valence-electron chi connectivity index (χ2n) is 3.67. The maximum Gasteiger partial charge on any atom is 0.239 e. The van der Waals surface area contributed by atoms with E-state index in [1.807, 2.05) is 0 Å². The molecule has 0 aromatic rings. The van der Waals surface area contributed by atoms with Crippen LogP contribution in [-0.2, 0) is 20.4 Å². The molecule has 0 aromatic heterocycles. The van der Waals surface area contributed by atoms with Crippen molar-refractivity contribution in [3.8, 4) is 0 Å². The molecule has 6 nitrogen and oxygen atoms in total. The Kier molecular flexibility index (Phi) is 5.41. The summed E-state index contributed by atoms with van der Waals surface area (Å²) < 4.78 is 11.1. The molecule has 0 atom stereocenters. The summed E-state index contributed by atoms with van der Waals surface area (Å²) in [6, 6.07) is 0.0833. The third kappa shape index (κ3) is 4.71. The van der Waals surface area contributed by atoms with E-state index in [-0.39, 0.29) is 30.9 Å². The summed E-state index contributed by atoms with van der Waals surface area (Å²) >= 11 is 0. The molecule has 1 saturated heterocycles. The minimum atomic E-state index is -0.726. The lowest BCUT2D eigenvalue weighted by Crippen LogP contribution is -2.45. The Labute approximate surface area is 96.8 Å². The minimum Gasteiger partial charge on any atom is -0.352 e. The first-order valence-electron chi connectivity index (χ1n) is 5.23. The Balaban J connectivity index is 2.19. The summed E-state index contributed by atoms with van der Waals surface area (Å²) in [5, 5.41) is 5.18. The van der Waals surface area contributed by atoms with Crippen molar-refractivity contribution in [1.29, 1.82) is 0 Å². The molecule has 0 saturated carbocycles. The van der Waals surface area contributed by atoms with Crippen LogP contribution in [0, 0.1) is 0 Å². The first-order valence-corrected chi connectivity index (χ1v) is 6.71. The van der Waals surface area contributed by atoms with Crippen molar-refractivity contribution >= 4 is 22.6 Å². The average molecular weight is 247 g/mol. The number of carbonyl (C=O) groups is 2. The Hall–Kier alpha value is -0.950. The van der Waals surface area contributed by atoms with E-state index >= 15 is 0 Å². The number of rotatable bonds is 4. The van der Waals surface area contributed by atoms with Gasteiger partial charge in [0.05, 0.1) is 13.1 Å². The molecular formula is C9H17N3O3S. The molecule has 1 aliphatic heterocycles. The van der Waals surface area contributed by atoms with Crippen molar-refractivity contribution in [2.75, 3.05) is 24.6 Å². The summed E-state index contributed by atoms with van der Waals surface area (Å²) in [5.74, 6) is 0.708. The van der Waals surface area contributed by atoms with Gasteiger partial charge in [0.25, 0.3) is 0 Å². The van der Waals surface area contributed by atoms with Crippen molar-refractivity contribution < 1.29 is 13.8 Å². The van der Waals surface area contributed by atoms with Gasteiger partial charge >= 0.3 is 0 Å². The van der Waals surface area contributed by atoms with Crippen molar-refractivity contribution in [3.63, 3.8) is 0 Å². The zero-order valence-corrected chi connectivity index (χ0v) is 9.85. The van der Waals surface area contributed by atoms with Crippen LogP contribution in [0.3, 0.4) is 0 Å². The van der Waals surface area contributed by atoms with Gasteiger partial charge in [-0.25, -0.2) is 0 Å². The Bertz CT molecular complexity index is 286. The largest absolute Gasteiger partial charge is 0.352 e. The topological polar surface area (TPSA) is 101 Å². The van der Waals surface area contributed by atoms with Crippen molar-refractivity contribution in [3.05, 3.63) is 0 Å². The highest BCUT2D eigenvalue weighted by Gasteiger charge is 2.19. The summed E-state index contributed by atoms with van der Waals surface area (Å²) in [6.07, 6.45) is 1.48. The van der Waals surface area contributed by atoms with Crippen molar-refractivity contribution in [2.45, 2.75) is 18.9 Å². The first kappa shape index (κ1) is 13.1. The molecule has 0 bridgehead atoms. The lowest BCUT2D eigenvalue weighted by molar-refractivity contribution is -0.125. The van der Waals surface area contributed by atoms with Gasteiger partial charge in [-0.1, -0.05) is 0 Å². The SMILES string of the molecule is NCC(=O)NCC(=O)NC1CCS(=O)CC1.